The molecule has 1 heterocycles. The number of esters is 1. The summed E-state index contributed by atoms with van der Waals surface area (Å²) >= 11 is 6.68. The fourth-order valence-electron chi connectivity index (χ4n) is 3.91. The molecule has 0 radical (unpaired) electrons. The minimum absolute atomic E-state index is 0.0677. The molecule has 1 N–H and O–H groups in total. The highest BCUT2D eigenvalue weighted by molar-refractivity contribution is 9.10. The van der Waals surface area contributed by atoms with Crippen LogP contribution in [0, 0.1) is 10.4 Å². The van der Waals surface area contributed by atoms with E-state index in [2.05, 4.69) is 49.2 Å². The molecule has 0 aliphatic heterocycles. The van der Waals surface area contributed by atoms with Crippen molar-refractivity contribution < 1.29 is 19.1 Å². The second kappa shape index (κ2) is 16.9. The molecule has 0 saturated carbocycles. The number of hydrogen-bond acceptors (Lipinski definition) is 6. The first-order valence-corrected chi connectivity index (χ1v) is 14.5. The highest BCUT2D eigenvalue weighted by Gasteiger charge is 2.21. The van der Waals surface area contributed by atoms with Crippen molar-refractivity contribution in [2.45, 2.75) is 95.2 Å². The maximum Gasteiger partial charge on any atom is 0.461 e. The second-order valence-electron chi connectivity index (χ2n) is 8.86. The van der Waals surface area contributed by atoms with Gasteiger partial charge < -0.3 is 15.2 Å². The van der Waals surface area contributed by atoms with E-state index in [-0.39, 0.29) is 40.9 Å². The topological polar surface area (TPSA) is 105 Å². The quantitative estimate of drug-likeness (QED) is 0.0715. The lowest BCUT2D eigenvalue weighted by molar-refractivity contribution is -0.672. The lowest BCUT2D eigenvalue weighted by atomic mass is 10.0. The molecular weight excluding hydrogens is 580 g/mol. The van der Waals surface area contributed by atoms with E-state index < -0.39 is 0 Å². The van der Waals surface area contributed by atoms with Crippen LogP contribution in [-0.4, -0.2) is 29.0 Å². The first kappa shape index (κ1) is 29.5. The predicted octanol–water partition coefficient (Wildman–Crippen LogP) is 6.07. The number of rotatable bonds is 18. The van der Waals surface area contributed by atoms with E-state index in [9.17, 15) is 15.2 Å². The number of carbonyl (C=O) groups is 1. The number of hydrogen-bond donors (Lipinski definition) is 1. The molecule has 0 bridgehead atoms. The van der Waals surface area contributed by atoms with Gasteiger partial charge in [-0.15, -0.1) is 0 Å². The number of fused-ring (bicyclic) bond motifs is 1. The number of carbonyl (C=O) groups excluding carboxylic acids is 1. The molecule has 2 rings (SSSR count). The average Bonchev–Trinajstić information content (AvgIpc) is 2.85. The summed E-state index contributed by atoms with van der Waals surface area (Å²) in [5.41, 5.74) is 0.354. The zero-order valence-corrected chi connectivity index (χ0v) is 23.8. The number of ether oxygens (including phenoxy) is 1. The van der Waals surface area contributed by atoms with E-state index in [1.54, 1.807) is 12.1 Å². The normalized spacial score (nSPS) is 12.1. The summed E-state index contributed by atoms with van der Waals surface area (Å²) in [5.74, 6) is -0.460. The van der Waals surface area contributed by atoms with Crippen molar-refractivity contribution in [1.29, 1.82) is 0 Å². The van der Waals surface area contributed by atoms with Gasteiger partial charge >= 0.3 is 17.4 Å². The van der Waals surface area contributed by atoms with Crippen LogP contribution in [0.4, 0.5) is 5.95 Å². The Balaban J connectivity index is 1.54. The Morgan fingerprint density at radius 1 is 1.00 bits per heavy atom. The van der Waals surface area contributed by atoms with Crippen LogP contribution in [0.15, 0.2) is 22.7 Å². The van der Waals surface area contributed by atoms with Crippen molar-refractivity contribution in [1.82, 2.24) is 5.10 Å². The van der Waals surface area contributed by atoms with Gasteiger partial charge in [0, 0.05) is 15.4 Å². The Bertz CT molecular complexity index is 917. The van der Waals surface area contributed by atoms with Crippen LogP contribution in [0.3, 0.4) is 0 Å². The minimum atomic E-state index is -0.337. The van der Waals surface area contributed by atoms with Crippen molar-refractivity contribution in [3.8, 4) is 0 Å². The van der Waals surface area contributed by atoms with Crippen LogP contribution in [-0.2, 0) is 9.53 Å². The highest BCUT2D eigenvalue weighted by Crippen LogP contribution is 2.17. The Hall–Kier alpha value is -1.68. The molecule has 0 aliphatic rings. The van der Waals surface area contributed by atoms with Crippen LogP contribution in [0.25, 0.3) is 11.0 Å². The van der Waals surface area contributed by atoms with Gasteiger partial charge in [0.25, 0.3) is 0 Å². The third kappa shape index (κ3) is 10.9. The van der Waals surface area contributed by atoms with Crippen LogP contribution >= 0.6 is 31.9 Å². The number of unbranched alkanes of at least 4 members (excludes halogenated alkanes) is 11. The second-order valence-corrected chi connectivity index (χ2v) is 10.9. The Morgan fingerprint density at radius 2 is 1.60 bits per heavy atom. The molecule has 2 aromatic rings. The number of alkyl halides is 1. The highest BCUT2D eigenvalue weighted by atomic mass is 79.9. The number of aromatic nitrogens is 3. The average molecular weight is 618 g/mol. The lowest BCUT2D eigenvalue weighted by Crippen LogP contribution is -2.44. The first-order valence-electron chi connectivity index (χ1n) is 12.8. The Labute approximate surface area is 225 Å². The summed E-state index contributed by atoms with van der Waals surface area (Å²) in [6.07, 6.45) is 16.1. The maximum absolute atomic E-state index is 12.4. The van der Waals surface area contributed by atoms with E-state index in [1.807, 2.05) is 0 Å². The van der Waals surface area contributed by atoms with Gasteiger partial charge in [-0.05, 0) is 18.6 Å². The van der Waals surface area contributed by atoms with E-state index in [4.69, 9.17) is 4.74 Å². The van der Waals surface area contributed by atoms with Gasteiger partial charge in [-0.3, -0.25) is 10.1 Å². The van der Waals surface area contributed by atoms with Crippen molar-refractivity contribution >= 4 is 54.8 Å². The van der Waals surface area contributed by atoms with Gasteiger partial charge in [-0.2, -0.15) is 0 Å². The van der Waals surface area contributed by atoms with Crippen molar-refractivity contribution in [2.75, 3.05) is 18.5 Å². The molecular formula is C25H38Br2N4O4. The third-order valence-electron chi connectivity index (χ3n) is 5.94. The van der Waals surface area contributed by atoms with E-state index in [1.165, 1.54) is 70.3 Å². The molecule has 0 saturated heterocycles. The van der Waals surface area contributed by atoms with Gasteiger partial charge in [0.05, 0.1) is 6.54 Å². The van der Waals surface area contributed by atoms with Crippen LogP contribution < -0.4 is 14.9 Å². The zero-order chi connectivity index (χ0) is 25.5. The summed E-state index contributed by atoms with van der Waals surface area (Å²) in [5, 5.41) is 31.0. The minimum Gasteiger partial charge on any atom is -0.739 e. The Morgan fingerprint density at radius 3 is 2.23 bits per heavy atom. The van der Waals surface area contributed by atoms with Crippen LogP contribution in [0.5, 0.6) is 0 Å². The molecule has 10 heteroatoms. The molecule has 8 nitrogen and oxygen atoms in total. The summed E-state index contributed by atoms with van der Waals surface area (Å²) in [6.45, 7) is 2.49. The summed E-state index contributed by atoms with van der Waals surface area (Å²) in [6, 6.07) is 4.75. The molecule has 1 unspecified atom stereocenters. The monoisotopic (exact) mass is 616 g/mol. The fourth-order valence-corrected chi connectivity index (χ4v) is 4.72. The zero-order valence-electron chi connectivity index (χ0n) is 20.6. The van der Waals surface area contributed by atoms with Gasteiger partial charge in [-0.1, -0.05) is 116 Å². The standard InChI is InChI=1S/C25H38Br2N4O4/c1-2-3-4-5-6-7-8-9-10-11-12-13-14-21(27)24(32)35-18-17-28-25-29-31(34)23-19-20(26)15-16-22(23)30(25)33/h15-16,19,21H,2-14,17-18H2,1H3,(H,28,29). The maximum atomic E-state index is 12.4. The van der Waals surface area contributed by atoms with E-state index in [0.717, 1.165) is 19.3 Å². The van der Waals surface area contributed by atoms with E-state index >= 15 is 0 Å². The third-order valence-corrected chi connectivity index (χ3v) is 7.26. The number of halogens is 2. The van der Waals surface area contributed by atoms with Gasteiger partial charge in [0.15, 0.2) is 5.52 Å². The van der Waals surface area contributed by atoms with Gasteiger partial charge in [0.1, 0.15) is 11.4 Å². The molecule has 35 heavy (non-hydrogen) atoms. The van der Waals surface area contributed by atoms with Gasteiger partial charge in [0.2, 0.25) is 5.10 Å². The van der Waals surface area contributed by atoms with E-state index in [0.29, 0.717) is 14.0 Å². The number of nitrogens with one attached hydrogen (secondary N) is 1. The van der Waals surface area contributed by atoms with Crippen molar-refractivity contribution in [2.24, 2.45) is 0 Å². The molecule has 0 spiro atoms. The molecule has 196 valence electrons. The van der Waals surface area contributed by atoms with Crippen LogP contribution in [0.1, 0.15) is 90.4 Å². The SMILES string of the molecule is CCCCCCCCCCCCCCC(Br)C(=O)OCCNc1n[n+]([O-])c2cc(Br)ccc2[n+]1[O-]. The summed E-state index contributed by atoms with van der Waals surface area (Å²) in [7, 11) is 0. The summed E-state index contributed by atoms with van der Waals surface area (Å²) < 4.78 is 6.51. The van der Waals surface area contributed by atoms with Crippen molar-refractivity contribution in [3.05, 3.63) is 33.1 Å². The number of anilines is 1. The summed E-state index contributed by atoms with van der Waals surface area (Å²) in [4.78, 5) is 12.2. The number of benzene rings is 1. The molecule has 0 amide bonds. The molecule has 1 aromatic heterocycles. The first-order chi connectivity index (χ1) is 16.9. The largest absolute Gasteiger partial charge is 0.739 e. The van der Waals surface area contributed by atoms with Gasteiger partial charge in [-0.25, -0.2) is 4.73 Å². The molecule has 1 aromatic carbocycles. The predicted molar refractivity (Wildman–Crippen MR) is 145 cm³/mol. The fraction of sp³-hybridized carbons (Fsp3) is 0.680. The Kier molecular flexibility index (Phi) is 14.3. The van der Waals surface area contributed by atoms with Crippen molar-refractivity contribution in [3.63, 3.8) is 0 Å². The smallest absolute Gasteiger partial charge is 0.461 e. The lowest BCUT2D eigenvalue weighted by Gasteiger charge is -2.11. The number of nitrogens with zero attached hydrogens (tertiary/aromatic N) is 3. The molecule has 0 aliphatic carbocycles. The van der Waals surface area contributed by atoms with Crippen LogP contribution in [0.2, 0.25) is 0 Å². The molecule has 1 atom stereocenters. The molecule has 0 fully saturated rings.